The number of halogens is 1. The third-order valence-corrected chi connectivity index (χ3v) is 5.20. The average molecular weight is 318 g/mol. The summed E-state index contributed by atoms with van der Waals surface area (Å²) >= 11 is 0. The molecule has 0 aromatic heterocycles. The van der Waals surface area contributed by atoms with Gasteiger partial charge in [-0.2, -0.15) is 0 Å². The van der Waals surface area contributed by atoms with E-state index < -0.39 is 5.54 Å². The standard InChI is InChI=1S/C18H23FN2O2/c1-13(22)20-18(15-5-7-16(19)8-6-15)9-11-21(12-10-18)17(23)14-3-2-4-14/h5-8,14H,2-4,9-12H2,1H3,(H,20,22). The number of nitrogens with one attached hydrogen (secondary N) is 1. The summed E-state index contributed by atoms with van der Waals surface area (Å²) < 4.78 is 13.2. The van der Waals surface area contributed by atoms with E-state index in [0.29, 0.717) is 25.9 Å². The molecule has 0 unspecified atom stereocenters. The van der Waals surface area contributed by atoms with Crippen molar-refractivity contribution in [1.29, 1.82) is 0 Å². The Morgan fingerprint density at radius 2 is 1.78 bits per heavy atom. The van der Waals surface area contributed by atoms with Crippen molar-refractivity contribution >= 4 is 11.8 Å². The van der Waals surface area contributed by atoms with Gasteiger partial charge in [-0.3, -0.25) is 9.59 Å². The largest absolute Gasteiger partial charge is 0.347 e. The Balaban J connectivity index is 1.75. The van der Waals surface area contributed by atoms with Gasteiger partial charge in [0.15, 0.2) is 0 Å². The molecule has 0 radical (unpaired) electrons. The molecule has 1 aliphatic carbocycles. The van der Waals surface area contributed by atoms with Crippen molar-refractivity contribution in [1.82, 2.24) is 10.2 Å². The minimum Gasteiger partial charge on any atom is -0.347 e. The molecule has 2 aliphatic rings. The first-order chi connectivity index (χ1) is 11.0. The Kier molecular flexibility index (Phi) is 4.37. The topological polar surface area (TPSA) is 49.4 Å². The van der Waals surface area contributed by atoms with Crippen LogP contribution >= 0.6 is 0 Å². The second-order valence-corrected chi connectivity index (χ2v) is 6.72. The highest BCUT2D eigenvalue weighted by atomic mass is 19.1. The van der Waals surface area contributed by atoms with Crippen molar-refractivity contribution in [3.8, 4) is 0 Å². The quantitative estimate of drug-likeness (QED) is 0.931. The maximum atomic E-state index is 13.2. The predicted octanol–water partition coefficient (Wildman–Crippen LogP) is 2.58. The van der Waals surface area contributed by atoms with Gasteiger partial charge in [0.1, 0.15) is 5.82 Å². The summed E-state index contributed by atoms with van der Waals surface area (Å²) in [7, 11) is 0. The lowest BCUT2D eigenvalue weighted by Gasteiger charge is -2.44. The van der Waals surface area contributed by atoms with Gasteiger partial charge >= 0.3 is 0 Å². The molecule has 1 saturated carbocycles. The highest BCUT2D eigenvalue weighted by molar-refractivity contribution is 5.80. The first kappa shape index (κ1) is 16.0. The monoisotopic (exact) mass is 318 g/mol. The molecule has 0 spiro atoms. The number of rotatable bonds is 3. The smallest absolute Gasteiger partial charge is 0.225 e. The van der Waals surface area contributed by atoms with Gasteiger partial charge in [0.25, 0.3) is 0 Å². The van der Waals surface area contributed by atoms with Crippen LogP contribution in [0.1, 0.15) is 44.6 Å². The number of carbonyl (C=O) groups excluding carboxylic acids is 2. The Morgan fingerprint density at radius 1 is 1.17 bits per heavy atom. The summed E-state index contributed by atoms with van der Waals surface area (Å²) in [5, 5.41) is 3.05. The van der Waals surface area contributed by atoms with Crippen LogP contribution in [0, 0.1) is 11.7 Å². The Morgan fingerprint density at radius 3 is 2.26 bits per heavy atom. The van der Waals surface area contributed by atoms with Crippen molar-refractivity contribution in [3.63, 3.8) is 0 Å². The van der Waals surface area contributed by atoms with E-state index in [1.165, 1.54) is 19.1 Å². The first-order valence-electron chi connectivity index (χ1n) is 8.34. The first-order valence-corrected chi connectivity index (χ1v) is 8.34. The summed E-state index contributed by atoms with van der Waals surface area (Å²) in [5.41, 5.74) is 0.403. The summed E-state index contributed by atoms with van der Waals surface area (Å²) in [6, 6.07) is 6.30. The van der Waals surface area contributed by atoms with E-state index in [1.54, 1.807) is 12.1 Å². The van der Waals surface area contributed by atoms with E-state index in [2.05, 4.69) is 5.32 Å². The van der Waals surface area contributed by atoms with Crippen LogP contribution in [0.15, 0.2) is 24.3 Å². The molecule has 0 atom stereocenters. The number of carbonyl (C=O) groups is 2. The van der Waals surface area contributed by atoms with Crippen LogP contribution in [-0.2, 0) is 15.1 Å². The lowest BCUT2D eigenvalue weighted by atomic mass is 9.79. The number of nitrogens with zero attached hydrogens (tertiary/aromatic N) is 1. The van der Waals surface area contributed by atoms with Crippen molar-refractivity contribution in [2.75, 3.05) is 13.1 Å². The average Bonchev–Trinajstić information content (AvgIpc) is 2.46. The van der Waals surface area contributed by atoms with Crippen LogP contribution in [0.5, 0.6) is 0 Å². The molecule has 1 aliphatic heterocycles. The Hall–Kier alpha value is -1.91. The van der Waals surface area contributed by atoms with Crippen LogP contribution in [0.25, 0.3) is 0 Å². The van der Waals surface area contributed by atoms with Gasteiger partial charge in [-0.15, -0.1) is 0 Å². The fraction of sp³-hybridized carbons (Fsp3) is 0.556. The number of piperidine rings is 1. The zero-order chi connectivity index (χ0) is 16.4. The maximum Gasteiger partial charge on any atom is 0.225 e. The van der Waals surface area contributed by atoms with Crippen molar-refractivity contribution in [3.05, 3.63) is 35.6 Å². The molecular weight excluding hydrogens is 295 g/mol. The van der Waals surface area contributed by atoms with Gasteiger partial charge in [0, 0.05) is 25.9 Å². The fourth-order valence-corrected chi connectivity index (χ4v) is 3.61. The molecule has 0 bridgehead atoms. The molecule has 2 fully saturated rings. The molecule has 1 saturated heterocycles. The van der Waals surface area contributed by atoms with Crippen LogP contribution in [0.2, 0.25) is 0 Å². The highest BCUT2D eigenvalue weighted by Gasteiger charge is 2.40. The van der Waals surface area contributed by atoms with Crippen LogP contribution in [0.4, 0.5) is 4.39 Å². The molecule has 1 N–H and O–H groups in total. The Labute approximate surface area is 136 Å². The molecule has 23 heavy (non-hydrogen) atoms. The van der Waals surface area contributed by atoms with Gasteiger partial charge in [-0.25, -0.2) is 4.39 Å². The zero-order valence-corrected chi connectivity index (χ0v) is 13.5. The molecular formula is C18H23FN2O2. The summed E-state index contributed by atoms with van der Waals surface area (Å²) in [6.07, 6.45) is 4.48. The molecule has 1 heterocycles. The number of benzene rings is 1. The maximum absolute atomic E-state index is 13.2. The van der Waals surface area contributed by atoms with Crippen molar-refractivity contribution in [2.45, 2.75) is 44.6 Å². The molecule has 2 amide bonds. The van der Waals surface area contributed by atoms with E-state index in [9.17, 15) is 14.0 Å². The van der Waals surface area contributed by atoms with E-state index in [-0.39, 0.29) is 23.5 Å². The van der Waals surface area contributed by atoms with Crippen molar-refractivity contribution < 1.29 is 14.0 Å². The minimum atomic E-state index is -0.504. The molecule has 3 rings (SSSR count). The van der Waals surface area contributed by atoms with Gasteiger partial charge < -0.3 is 10.2 Å². The van der Waals surface area contributed by atoms with Crippen LogP contribution < -0.4 is 5.32 Å². The number of hydrogen-bond acceptors (Lipinski definition) is 2. The molecule has 124 valence electrons. The van der Waals surface area contributed by atoms with Gasteiger partial charge in [0.05, 0.1) is 5.54 Å². The normalized spacial score (nSPS) is 20.7. The van der Waals surface area contributed by atoms with Crippen LogP contribution in [0.3, 0.4) is 0 Å². The molecule has 4 nitrogen and oxygen atoms in total. The van der Waals surface area contributed by atoms with E-state index >= 15 is 0 Å². The lowest BCUT2D eigenvalue weighted by molar-refractivity contribution is -0.140. The number of amides is 2. The van der Waals surface area contributed by atoms with Gasteiger partial charge in [-0.1, -0.05) is 18.6 Å². The van der Waals surface area contributed by atoms with E-state index in [1.807, 2.05) is 4.90 Å². The second kappa shape index (κ2) is 6.30. The lowest BCUT2D eigenvalue weighted by Crippen LogP contribution is -2.54. The summed E-state index contributed by atoms with van der Waals surface area (Å²) in [5.74, 6) is 0.0679. The number of likely N-dealkylation sites (tertiary alicyclic amines) is 1. The summed E-state index contributed by atoms with van der Waals surface area (Å²) in [6.45, 7) is 2.76. The van der Waals surface area contributed by atoms with Crippen LogP contribution in [-0.4, -0.2) is 29.8 Å². The van der Waals surface area contributed by atoms with Gasteiger partial charge in [0.2, 0.25) is 11.8 Å². The molecule has 5 heteroatoms. The number of hydrogen-bond donors (Lipinski definition) is 1. The Bertz CT molecular complexity index is 588. The third-order valence-electron chi connectivity index (χ3n) is 5.20. The minimum absolute atomic E-state index is 0.104. The summed E-state index contributed by atoms with van der Waals surface area (Å²) in [4.78, 5) is 26.0. The second-order valence-electron chi connectivity index (χ2n) is 6.72. The van der Waals surface area contributed by atoms with Gasteiger partial charge in [-0.05, 0) is 43.4 Å². The van der Waals surface area contributed by atoms with E-state index in [4.69, 9.17) is 0 Å². The third kappa shape index (κ3) is 3.23. The molecule has 1 aromatic rings. The fourth-order valence-electron chi connectivity index (χ4n) is 3.61. The SMILES string of the molecule is CC(=O)NC1(c2ccc(F)cc2)CCN(C(=O)C2CCC2)CC1. The highest BCUT2D eigenvalue weighted by Crippen LogP contribution is 2.35. The van der Waals surface area contributed by atoms with E-state index in [0.717, 1.165) is 24.8 Å². The predicted molar refractivity (Wildman–Crippen MR) is 85.0 cm³/mol. The van der Waals surface area contributed by atoms with Crippen molar-refractivity contribution in [2.24, 2.45) is 5.92 Å². The zero-order valence-electron chi connectivity index (χ0n) is 13.5. The molecule has 1 aromatic carbocycles.